The van der Waals surface area contributed by atoms with Crippen molar-refractivity contribution in [3.63, 3.8) is 0 Å². The first-order chi connectivity index (χ1) is 9.19. The van der Waals surface area contributed by atoms with Crippen molar-refractivity contribution in [1.29, 1.82) is 0 Å². The van der Waals surface area contributed by atoms with E-state index in [1.165, 1.54) is 64.6 Å². The highest BCUT2D eigenvalue weighted by Crippen LogP contribution is 2.37. The summed E-state index contributed by atoms with van der Waals surface area (Å²) in [7, 11) is 0. The fourth-order valence-corrected chi connectivity index (χ4v) is 3.51. The third-order valence-electron chi connectivity index (χ3n) is 5.43. The van der Waals surface area contributed by atoms with Gasteiger partial charge in [0.05, 0.1) is 0 Å². The molecule has 1 aliphatic rings. The molecule has 0 saturated carbocycles. The molecule has 1 rings (SSSR count). The van der Waals surface area contributed by atoms with Crippen LogP contribution in [0.1, 0.15) is 72.6 Å². The van der Waals surface area contributed by atoms with Gasteiger partial charge in [-0.25, -0.2) is 0 Å². The van der Waals surface area contributed by atoms with Crippen LogP contribution in [0.25, 0.3) is 0 Å². The van der Waals surface area contributed by atoms with Gasteiger partial charge < -0.3 is 10.2 Å². The Morgan fingerprint density at radius 3 is 2.16 bits per heavy atom. The molecular weight excluding hydrogens is 232 g/mol. The van der Waals surface area contributed by atoms with E-state index in [0.29, 0.717) is 5.41 Å². The van der Waals surface area contributed by atoms with Crippen molar-refractivity contribution in [1.82, 2.24) is 10.2 Å². The number of hydrogen-bond donors (Lipinski definition) is 1. The SMILES string of the molecule is CCNC(CC)CCCN1CCC(CC)(CC)CC1. The van der Waals surface area contributed by atoms with Crippen molar-refractivity contribution in [3.8, 4) is 0 Å². The lowest BCUT2D eigenvalue weighted by molar-refractivity contribution is 0.0937. The van der Waals surface area contributed by atoms with Crippen LogP contribution in [0.4, 0.5) is 0 Å². The summed E-state index contributed by atoms with van der Waals surface area (Å²) in [4.78, 5) is 2.70. The molecule has 19 heavy (non-hydrogen) atoms. The summed E-state index contributed by atoms with van der Waals surface area (Å²) in [5.41, 5.74) is 0.673. The van der Waals surface area contributed by atoms with Crippen LogP contribution in [0.5, 0.6) is 0 Å². The van der Waals surface area contributed by atoms with Crippen LogP contribution in [-0.4, -0.2) is 37.1 Å². The number of nitrogens with zero attached hydrogens (tertiary/aromatic N) is 1. The molecule has 0 aromatic carbocycles. The van der Waals surface area contributed by atoms with E-state index in [1.807, 2.05) is 0 Å². The molecule has 1 heterocycles. The van der Waals surface area contributed by atoms with Crippen LogP contribution in [-0.2, 0) is 0 Å². The number of piperidine rings is 1. The van der Waals surface area contributed by atoms with Gasteiger partial charge in [-0.1, -0.05) is 40.5 Å². The van der Waals surface area contributed by atoms with Crippen molar-refractivity contribution in [2.75, 3.05) is 26.2 Å². The molecule has 0 amide bonds. The van der Waals surface area contributed by atoms with E-state index in [2.05, 4.69) is 37.9 Å². The normalized spacial score (nSPS) is 21.5. The highest BCUT2D eigenvalue weighted by molar-refractivity contribution is 4.84. The first-order valence-corrected chi connectivity index (χ1v) is 8.65. The van der Waals surface area contributed by atoms with Crippen LogP contribution in [0.15, 0.2) is 0 Å². The molecule has 114 valence electrons. The number of hydrogen-bond acceptors (Lipinski definition) is 2. The summed E-state index contributed by atoms with van der Waals surface area (Å²) in [6, 6.07) is 0.736. The van der Waals surface area contributed by atoms with E-state index >= 15 is 0 Å². The lowest BCUT2D eigenvalue weighted by Crippen LogP contribution is -2.40. The summed E-state index contributed by atoms with van der Waals surface area (Å²) < 4.78 is 0. The summed E-state index contributed by atoms with van der Waals surface area (Å²) in [5, 5.41) is 3.58. The van der Waals surface area contributed by atoms with E-state index in [-0.39, 0.29) is 0 Å². The second kappa shape index (κ2) is 8.97. The van der Waals surface area contributed by atoms with Gasteiger partial charge in [0.2, 0.25) is 0 Å². The first kappa shape index (κ1) is 17.0. The molecule has 2 heteroatoms. The number of likely N-dealkylation sites (tertiary alicyclic amines) is 1. The highest BCUT2D eigenvalue weighted by atomic mass is 15.1. The molecule has 2 nitrogen and oxygen atoms in total. The maximum atomic E-state index is 3.58. The minimum absolute atomic E-state index is 0.673. The smallest absolute Gasteiger partial charge is 0.00647 e. The second-order valence-corrected chi connectivity index (χ2v) is 6.35. The number of rotatable bonds is 9. The Kier molecular flexibility index (Phi) is 8.01. The minimum atomic E-state index is 0.673. The van der Waals surface area contributed by atoms with Gasteiger partial charge in [0, 0.05) is 6.04 Å². The van der Waals surface area contributed by atoms with E-state index in [0.717, 1.165) is 12.6 Å². The van der Waals surface area contributed by atoms with Crippen molar-refractivity contribution in [3.05, 3.63) is 0 Å². The molecule has 0 aliphatic carbocycles. The van der Waals surface area contributed by atoms with Gasteiger partial charge in [-0.15, -0.1) is 0 Å². The van der Waals surface area contributed by atoms with Gasteiger partial charge in [-0.3, -0.25) is 0 Å². The molecule has 0 radical (unpaired) electrons. The Labute approximate surface area is 121 Å². The zero-order chi connectivity index (χ0) is 14.1. The maximum absolute atomic E-state index is 3.58. The topological polar surface area (TPSA) is 15.3 Å². The zero-order valence-corrected chi connectivity index (χ0v) is 13.8. The molecular formula is C17H36N2. The van der Waals surface area contributed by atoms with Gasteiger partial charge in [0.25, 0.3) is 0 Å². The van der Waals surface area contributed by atoms with Crippen molar-refractivity contribution in [2.45, 2.75) is 78.7 Å². The monoisotopic (exact) mass is 268 g/mol. The molecule has 1 atom stereocenters. The Morgan fingerprint density at radius 1 is 1.05 bits per heavy atom. The van der Waals surface area contributed by atoms with E-state index in [1.54, 1.807) is 0 Å². The lowest BCUT2D eigenvalue weighted by atomic mass is 9.74. The molecule has 0 aromatic heterocycles. The van der Waals surface area contributed by atoms with Gasteiger partial charge in [-0.05, 0) is 63.7 Å². The average molecular weight is 268 g/mol. The molecule has 1 N–H and O–H groups in total. The second-order valence-electron chi connectivity index (χ2n) is 6.35. The van der Waals surface area contributed by atoms with Crippen LogP contribution in [0.2, 0.25) is 0 Å². The molecule has 0 bridgehead atoms. The van der Waals surface area contributed by atoms with Crippen LogP contribution >= 0.6 is 0 Å². The summed E-state index contributed by atoms with van der Waals surface area (Å²) in [5.74, 6) is 0. The van der Waals surface area contributed by atoms with E-state index in [4.69, 9.17) is 0 Å². The summed E-state index contributed by atoms with van der Waals surface area (Å²) in [6.45, 7) is 14.3. The third kappa shape index (κ3) is 5.43. The van der Waals surface area contributed by atoms with Crippen LogP contribution in [0, 0.1) is 5.41 Å². The Hall–Kier alpha value is -0.0800. The van der Waals surface area contributed by atoms with Gasteiger partial charge in [0.1, 0.15) is 0 Å². The predicted octanol–water partition coefficient (Wildman–Crippen LogP) is 4.06. The summed E-state index contributed by atoms with van der Waals surface area (Å²) in [6.07, 6.45) is 9.55. The third-order valence-corrected chi connectivity index (χ3v) is 5.43. The first-order valence-electron chi connectivity index (χ1n) is 8.65. The Morgan fingerprint density at radius 2 is 1.68 bits per heavy atom. The van der Waals surface area contributed by atoms with E-state index in [9.17, 15) is 0 Å². The molecule has 1 aliphatic heterocycles. The molecule has 1 unspecified atom stereocenters. The van der Waals surface area contributed by atoms with Crippen molar-refractivity contribution < 1.29 is 0 Å². The molecule has 0 aromatic rings. The fraction of sp³-hybridized carbons (Fsp3) is 1.00. The van der Waals surface area contributed by atoms with Gasteiger partial charge >= 0.3 is 0 Å². The molecule has 1 fully saturated rings. The molecule has 0 spiro atoms. The largest absolute Gasteiger partial charge is 0.314 e. The molecule has 1 saturated heterocycles. The maximum Gasteiger partial charge on any atom is 0.00647 e. The van der Waals surface area contributed by atoms with Crippen molar-refractivity contribution in [2.24, 2.45) is 5.41 Å². The van der Waals surface area contributed by atoms with E-state index < -0.39 is 0 Å². The quantitative estimate of drug-likeness (QED) is 0.678. The van der Waals surface area contributed by atoms with Crippen LogP contribution in [0.3, 0.4) is 0 Å². The minimum Gasteiger partial charge on any atom is -0.314 e. The highest BCUT2D eigenvalue weighted by Gasteiger charge is 2.30. The van der Waals surface area contributed by atoms with Crippen LogP contribution < -0.4 is 5.32 Å². The van der Waals surface area contributed by atoms with Gasteiger partial charge in [0.15, 0.2) is 0 Å². The fourth-order valence-electron chi connectivity index (χ4n) is 3.51. The lowest BCUT2D eigenvalue weighted by Gasteiger charge is -2.41. The number of nitrogens with one attached hydrogen (secondary N) is 1. The van der Waals surface area contributed by atoms with Gasteiger partial charge in [-0.2, -0.15) is 0 Å². The van der Waals surface area contributed by atoms with Crippen molar-refractivity contribution >= 4 is 0 Å². The Balaban J connectivity index is 2.19. The zero-order valence-electron chi connectivity index (χ0n) is 13.8. The summed E-state index contributed by atoms with van der Waals surface area (Å²) >= 11 is 0. The standard InChI is InChI=1S/C17H36N2/c1-5-16(18-8-4)10-9-13-19-14-11-17(6-2,7-3)12-15-19/h16,18H,5-15H2,1-4H3. The Bertz CT molecular complexity index is 213. The average Bonchev–Trinajstić information content (AvgIpc) is 2.47. The predicted molar refractivity (Wildman–Crippen MR) is 85.7 cm³/mol.